The van der Waals surface area contributed by atoms with Crippen molar-refractivity contribution in [1.29, 1.82) is 0 Å². The molecule has 30 heavy (non-hydrogen) atoms. The van der Waals surface area contributed by atoms with Crippen molar-refractivity contribution in [2.24, 2.45) is 5.41 Å². The molecule has 3 atom stereocenters. The molecule has 0 bridgehead atoms. The van der Waals surface area contributed by atoms with Crippen molar-refractivity contribution in [3.63, 3.8) is 0 Å². The fraction of sp³-hybridized carbons (Fsp3) is 0.391. The molecule has 0 spiro atoms. The van der Waals surface area contributed by atoms with Gasteiger partial charge < -0.3 is 24.4 Å². The number of carbonyl (C=O) groups excluding carboxylic acids is 2. The lowest BCUT2D eigenvalue weighted by molar-refractivity contribution is -0.201. The van der Waals surface area contributed by atoms with Crippen LogP contribution in [0.3, 0.4) is 0 Å². The highest BCUT2D eigenvalue weighted by molar-refractivity contribution is 6.10. The number of hydrogen-bond acceptors (Lipinski definition) is 7. The van der Waals surface area contributed by atoms with Crippen molar-refractivity contribution in [1.82, 2.24) is 0 Å². The molecule has 0 aromatic heterocycles. The van der Waals surface area contributed by atoms with Crippen LogP contribution < -0.4 is 9.47 Å². The Balaban J connectivity index is 2.00. The first-order chi connectivity index (χ1) is 14.0. The number of benzene rings is 2. The zero-order valence-corrected chi connectivity index (χ0v) is 17.5. The quantitative estimate of drug-likeness (QED) is 0.747. The maximum atomic E-state index is 13.3. The SMILES string of the molecule is COc1ccc2c(c1)[C@@H](OC(=O)C(C)(C)C)[C@]1(O)c3cc(OC)ccc3C(=O)[C@]21O. The zero-order chi connectivity index (χ0) is 22.1. The zero-order valence-electron chi connectivity index (χ0n) is 17.5. The highest BCUT2D eigenvalue weighted by atomic mass is 16.6. The third-order valence-corrected chi connectivity index (χ3v) is 5.91. The van der Waals surface area contributed by atoms with Gasteiger partial charge in [0.1, 0.15) is 11.5 Å². The van der Waals surface area contributed by atoms with E-state index in [-0.39, 0.29) is 16.7 Å². The first-order valence-electron chi connectivity index (χ1n) is 9.57. The van der Waals surface area contributed by atoms with Crippen LogP contribution in [0.1, 0.15) is 53.9 Å². The predicted molar refractivity (Wildman–Crippen MR) is 106 cm³/mol. The van der Waals surface area contributed by atoms with Gasteiger partial charge in [0.2, 0.25) is 5.78 Å². The molecule has 2 aliphatic rings. The summed E-state index contributed by atoms with van der Waals surface area (Å²) in [5.74, 6) is -0.407. The van der Waals surface area contributed by atoms with Crippen molar-refractivity contribution in [3.05, 3.63) is 58.7 Å². The summed E-state index contributed by atoms with van der Waals surface area (Å²) in [4.78, 5) is 26.1. The number of hydrogen-bond donors (Lipinski definition) is 2. The molecule has 0 fully saturated rings. The van der Waals surface area contributed by atoms with Gasteiger partial charge in [-0.1, -0.05) is 6.07 Å². The molecule has 0 aliphatic heterocycles. The average Bonchev–Trinajstić information content (AvgIpc) is 3.01. The number of aliphatic hydroxyl groups is 2. The van der Waals surface area contributed by atoms with Crippen LogP contribution in [-0.2, 0) is 20.7 Å². The second-order valence-electron chi connectivity index (χ2n) is 8.71. The van der Waals surface area contributed by atoms with Crippen LogP contribution in [0.25, 0.3) is 0 Å². The van der Waals surface area contributed by atoms with Crippen molar-refractivity contribution >= 4 is 11.8 Å². The van der Waals surface area contributed by atoms with Crippen LogP contribution in [0.5, 0.6) is 11.5 Å². The molecule has 0 heterocycles. The molecule has 0 amide bonds. The first kappa shape index (κ1) is 20.4. The highest BCUT2D eigenvalue weighted by Gasteiger charge is 2.73. The van der Waals surface area contributed by atoms with Gasteiger partial charge in [0.15, 0.2) is 17.3 Å². The normalized spacial score (nSPS) is 26.6. The Hall–Kier alpha value is -2.90. The van der Waals surface area contributed by atoms with E-state index >= 15 is 0 Å². The molecular weight excluding hydrogens is 388 g/mol. The van der Waals surface area contributed by atoms with E-state index in [0.29, 0.717) is 17.1 Å². The van der Waals surface area contributed by atoms with E-state index in [1.807, 2.05) is 0 Å². The van der Waals surface area contributed by atoms with Crippen LogP contribution in [0.15, 0.2) is 36.4 Å². The number of Topliss-reactive ketones (excluding diaryl/α,β-unsaturated/α-hetero) is 1. The Kier molecular flexibility index (Phi) is 4.28. The molecule has 2 N–H and O–H groups in total. The molecule has 4 rings (SSSR count). The summed E-state index contributed by atoms with van der Waals surface area (Å²) in [5, 5.41) is 23.6. The van der Waals surface area contributed by atoms with Crippen molar-refractivity contribution in [3.8, 4) is 11.5 Å². The highest BCUT2D eigenvalue weighted by Crippen LogP contribution is 2.64. The fourth-order valence-corrected chi connectivity index (χ4v) is 4.26. The summed E-state index contributed by atoms with van der Waals surface area (Å²) in [5.41, 5.74) is -4.60. The molecule has 7 heteroatoms. The Morgan fingerprint density at radius 3 is 2.17 bits per heavy atom. The largest absolute Gasteiger partial charge is 0.497 e. The summed E-state index contributed by atoms with van der Waals surface area (Å²) < 4.78 is 16.3. The molecule has 2 aliphatic carbocycles. The van der Waals surface area contributed by atoms with E-state index in [2.05, 4.69) is 0 Å². The fourth-order valence-electron chi connectivity index (χ4n) is 4.26. The van der Waals surface area contributed by atoms with Gasteiger partial charge in [-0.15, -0.1) is 0 Å². The Bertz CT molecular complexity index is 1070. The van der Waals surface area contributed by atoms with Crippen LogP contribution >= 0.6 is 0 Å². The standard InChI is InChI=1S/C23H24O7/c1-21(2,3)20(25)30-19-15-10-12(28-4)7-9-16(15)22(26)18(24)14-8-6-13(29-5)11-17(14)23(19,22)27/h6-11,19,26-27H,1-5H3/t19-,22-,23-/m1/s1. The molecule has 2 aromatic rings. The molecule has 0 radical (unpaired) electrons. The van der Waals surface area contributed by atoms with E-state index in [0.717, 1.165) is 0 Å². The monoisotopic (exact) mass is 412 g/mol. The minimum atomic E-state index is -2.31. The van der Waals surface area contributed by atoms with Gasteiger partial charge in [0.05, 0.1) is 19.6 Å². The maximum Gasteiger partial charge on any atom is 0.311 e. The first-order valence-corrected chi connectivity index (χ1v) is 9.57. The Labute approximate surface area is 174 Å². The molecule has 158 valence electrons. The molecule has 0 unspecified atom stereocenters. The summed E-state index contributed by atoms with van der Waals surface area (Å²) in [6.45, 7) is 5.05. The molecule has 2 aromatic carbocycles. The van der Waals surface area contributed by atoms with Crippen LogP contribution in [0.4, 0.5) is 0 Å². The number of rotatable bonds is 3. The van der Waals surface area contributed by atoms with Crippen LogP contribution in [0.2, 0.25) is 0 Å². The predicted octanol–water partition coefficient (Wildman–Crippen LogP) is 2.62. The van der Waals surface area contributed by atoms with E-state index in [1.165, 1.54) is 32.4 Å². The van der Waals surface area contributed by atoms with Gasteiger partial charge in [0, 0.05) is 22.3 Å². The maximum absolute atomic E-state index is 13.3. The second kappa shape index (κ2) is 6.30. The lowest BCUT2D eigenvalue weighted by atomic mass is 9.82. The summed E-state index contributed by atoms with van der Waals surface area (Å²) in [6, 6.07) is 9.24. The number of carbonyl (C=O) groups is 2. The lowest BCUT2D eigenvalue weighted by Crippen LogP contribution is -2.49. The van der Waals surface area contributed by atoms with Gasteiger partial charge in [-0.3, -0.25) is 9.59 Å². The van der Waals surface area contributed by atoms with E-state index in [9.17, 15) is 19.8 Å². The van der Waals surface area contributed by atoms with Gasteiger partial charge >= 0.3 is 5.97 Å². The summed E-state index contributed by atoms with van der Waals surface area (Å²) in [6.07, 6.45) is -1.32. The molecule has 7 nitrogen and oxygen atoms in total. The van der Waals surface area contributed by atoms with Crippen molar-refractivity contribution in [2.45, 2.75) is 38.1 Å². The van der Waals surface area contributed by atoms with Gasteiger partial charge in [-0.2, -0.15) is 0 Å². The van der Waals surface area contributed by atoms with Crippen LogP contribution in [-0.4, -0.2) is 36.2 Å². The van der Waals surface area contributed by atoms with Gasteiger partial charge in [-0.05, 0) is 51.1 Å². The second-order valence-corrected chi connectivity index (χ2v) is 8.71. The lowest BCUT2D eigenvalue weighted by Gasteiger charge is -2.36. The number of ether oxygens (including phenoxy) is 3. The summed E-state index contributed by atoms with van der Waals surface area (Å²) >= 11 is 0. The Morgan fingerprint density at radius 1 is 0.967 bits per heavy atom. The Morgan fingerprint density at radius 2 is 1.57 bits per heavy atom. The van der Waals surface area contributed by atoms with E-state index in [4.69, 9.17) is 14.2 Å². The number of esters is 1. The van der Waals surface area contributed by atoms with E-state index in [1.54, 1.807) is 39.0 Å². The number of methoxy groups -OCH3 is 2. The summed E-state index contributed by atoms with van der Waals surface area (Å²) in [7, 11) is 2.93. The van der Waals surface area contributed by atoms with Gasteiger partial charge in [-0.25, -0.2) is 0 Å². The third kappa shape index (κ3) is 2.39. The number of fused-ring (bicyclic) bond motifs is 5. The minimum Gasteiger partial charge on any atom is -0.497 e. The van der Waals surface area contributed by atoms with Crippen molar-refractivity contribution in [2.75, 3.05) is 14.2 Å². The third-order valence-electron chi connectivity index (χ3n) is 5.91. The minimum absolute atomic E-state index is 0.149. The smallest absolute Gasteiger partial charge is 0.311 e. The topological polar surface area (TPSA) is 102 Å². The van der Waals surface area contributed by atoms with Gasteiger partial charge in [0.25, 0.3) is 0 Å². The van der Waals surface area contributed by atoms with Crippen LogP contribution in [0, 0.1) is 5.41 Å². The molecule has 0 saturated heterocycles. The van der Waals surface area contributed by atoms with Crippen molar-refractivity contribution < 1.29 is 34.0 Å². The average molecular weight is 412 g/mol. The molecule has 0 saturated carbocycles. The van der Waals surface area contributed by atoms with E-state index < -0.39 is 34.5 Å². The molecular formula is C23H24O7. The number of ketones is 1.